The molecule has 1 saturated heterocycles. The highest BCUT2D eigenvalue weighted by Gasteiger charge is 2.37. The van der Waals surface area contributed by atoms with Crippen LogP contribution in [-0.4, -0.2) is 29.5 Å². The van der Waals surface area contributed by atoms with Crippen molar-refractivity contribution >= 4 is 11.3 Å². The molecule has 1 N–H and O–H groups in total. The zero-order valence-corrected chi connectivity index (χ0v) is 10.6. The molecule has 2 bridgehead atoms. The normalized spacial score (nSPS) is 29.1. The first-order valence-corrected chi connectivity index (χ1v) is 7.05. The van der Waals surface area contributed by atoms with E-state index in [2.05, 4.69) is 20.6 Å². The molecule has 3 rings (SSSR count). The lowest BCUT2D eigenvalue weighted by Gasteiger charge is -2.25. The van der Waals surface area contributed by atoms with Crippen molar-refractivity contribution in [3.05, 3.63) is 16.1 Å². The number of nitrogens with zero attached hydrogens (tertiary/aromatic N) is 2. The molecule has 0 radical (unpaired) electrons. The average Bonchev–Trinajstić information content (AvgIpc) is 2.95. The predicted octanol–water partition coefficient (Wildman–Crippen LogP) is 1.85. The number of rotatable bonds is 4. The van der Waals surface area contributed by atoms with Crippen LogP contribution in [0.1, 0.15) is 30.0 Å². The quantitative estimate of drug-likeness (QED) is 0.866. The molecule has 1 saturated carbocycles. The van der Waals surface area contributed by atoms with Crippen molar-refractivity contribution in [2.45, 2.75) is 38.4 Å². The smallest absolute Gasteiger partial charge is 0.107 e. The summed E-state index contributed by atoms with van der Waals surface area (Å²) in [6.45, 7) is 3.28. The maximum absolute atomic E-state index is 4.66. The number of piperidine rings is 1. The van der Waals surface area contributed by atoms with Crippen molar-refractivity contribution in [2.24, 2.45) is 5.92 Å². The highest BCUT2D eigenvalue weighted by molar-refractivity contribution is 7.09. The monoisotopic (exact) mass is 237 g/mol. The highest BCUT2D eigenvalue weighted by Crippen LogP contribution is 2.38. The van der Waals surface area contributed by atoms with Crippen LogP contribution in [0.5, 0.6) is 0 Å². The van der Waals surface area contributed by atoms with E-state index >= 15 is 0 Å². The fraction of sp³-hybridized carbons (Fsp3) is 0.750. The Bertz CT molecular complexity index is 363. The number of aromatic nitrogens is 1. The van der Waals surface area contributed by atoms with Gasteiger partial charge in [-0.2, -0.15) is 0 Å². The number of nitrogens with one attached hydrogen (secondary N) is 1. The molecule has 1 aliphatic heterocycles. The summed E-state index contributed by atoms with van der Waals surface area (Å²) in [6.07, 6.45) is 4.31. The summed E-state index contributed by atoms with van der Waals surface area (Å²) in [6, 6.07) is 0.861. The molecule has 2 unspecified atom stereocenters. The van der Waals surface area contributed by atoms with Gasteiger partial charge in [0, 0.05) is 31.1 Å². The van der Waals surface area contributed by atoms with Crippen molar-refractivity contribution in [3.63, 3.8) is 0 Å². The third-order valence-electron chi connectivity index (χ3n) is 3.82. The summed E-state index contributed by atoms with van der Waals surface area (Å²) >= 11 is 1.78. The second-order valence-corrected chi connectivity index (χ2v) is 5.97. The second-order valence-electron chi connectivity index (χ2n) is 5.03. The first-order valence-electron chi connectivity index (χ1n) is 6.17. The summed E-state index contributed by atoms with van der Waals surface area (Å²) in [4.78, 5) is 7.29. The molecule has 2 heterocycles. The third-order valence-corrected chi connectivity index (χ3v) is 4.71. The number of thiazole rings is 1. The van der Waals surface area contributed by atoms with E-state index in [4.69, 9.17) is 0 Å². The number of hydrogen-bond donors (Lipinski definition) is 1. The van der Waals surface area contributed by atoms with Crippen molar-refractivity contribution in [1.82, 2.24) is 15.2 Å². The van der Waals surface area contributed by atoms with Crippen LogP contribution in [0.25, 0.3) is 0 Å². The Morgan fingerprint density at radius 3 is 3.19 bits per heavy atom. The zero-order chi connectivity index (χ0) is 11.0. The van der Waals surface area contributed by atoms with Gasteiger partial charge in [0.2, 0.25) is 0 Å². The molecule has 1 aliphatic carbocycles. The Balaban J connectivity index is 1.61. The lowest BCUT2D eigenvalue weighted by atomic mass is 10.1. The molecule has 16 heavy (non-hydrogen) atoms. The van der Waals surface area contributed by atoms with Crippen molar-refractivity contribution in [1.29, 1.82) is 0 Å². The van der Waals surface area contributed by atoms with E-state index in [1.54, 1.807) is 11.3 Å². The molecule has 4 heteroatoms. The van der Waals surface area contributed by atoms with Crippen molar-refractivity contribution < 1.29 is 0 Å². The first kappa shape index (κ1) is 10.7. The van der Waals surface area contributed by atoms with Gasteiger partial charge in [0.15, 0.2) is 0 Å². The van der Waals surface area contributed by atoms with Crippen LogP contribution in [-0.2, 0) is 13.1 Å². The molecule has 0 spiro atoms. The molecule has 1 aromatic rings. The highest BCUT2D eigenvalue weighted by atomic mass is 32.1. The predicted molar refractivity (Wildman–Crippen MR) is 66.4 cm³/mol. The molecule has 0 aromatic carbocycles. The fourth-order valence-electron chi connectivity index (χ4n) is 3.08. The summed E-state index contributed by atoms with van der Waals surface area (Å²) in [7, 11) is 1.97. The molecular weight excluding hydrogens is 218 g/mol. The van der Waals surface area contributed by atoms with E-state index in [1.165, 1.54) is 36.5 Å². The lowest BCUT2D eigenvalue weighted by Crippen LogP contribution is -2.31. The summed E-state index contributed by atoms with van der Waals surface area (Å²) in [5.74, 6) is 0.986. The van der Waals surface area contributed by atoms with Gasteiger partial charge >= 0.3 is 0 Å². The van der Waals surface area contributed by atoms with Crippen LogP contribution in [0.3, 0.4) is 0 Å². The van der Waals surface area contributed by atoms with Gasteiger partial charge in [-0.3, -0.25) is 4.90 Å². The molecule has 2 atom stereocenters. The molecule has 0 amide bonds. The van der Waals surface area contributed by atoms with Gasteiger partial charge in [-0.1, -0.05) is 0 Å². The maximum Gasteiger partial charge on any atom is 0.107 e. The van der Waals surface area contributed by atoms with Gasteiger partial charge in [0.25, 0.3) is 0 Å². The van der Waals surface area contributed by atoms with E-state index in [-0.39, 0.29) is 0 Å². The van der Waals surface area contributed by atoms with Crippen LogP contribution in [0.15, 0.2) is 5.38 Å². The maximum atomic E-state index is 4.66. The standard InChI is InChI=1S/C12H19N3S/c1-13-5-12-14-10(8-16-12)7-15-6-9-2-3-11(15)4-9/h8-9,11,13H,2-7H2,1H3. The van der Waals surface area contributed by atoms with E-state index in [9.17, 15) is 0 Å². The van der Waals surface area contributed by atoms with Crippen LogP contribution in [0.2, 0.25) is 0 Å². The van der Waals surface area contributed by atoms with Crippen LogP contribution in [0.4, 0.5) is 0 Å². The van der Waals surface area contributed by atoms with Gasteiger partial charge in [-0.05, 0) is 32.2 Å². The number of likely N-dealkylation sites (tertiary alicyclic amines) is 1. The number of hydrogen-bond acceptors (Lipinski definition) is 4. The van der Waals surface area contributed by atoms with E-state index in [0.29, 0.717) is 0 Å². The molecule has 2 fully saturated rings. The van der Waals surface area contributed by atoms with E-state index in [1.807, 2.05) is 7.05 Å². The van der Waals surface area contributed by atoms with Crippen LogP contribution in [0, 0.1) is 5.92 Å². The first-order chi connectivity index (χ1) is 7.85. The summed E-state index contributed by atoms with van der Waals surface area (Å²) < 4.78 is 0. The molecule has 88 valence electrons. The second kappa shape index (κ2) is 4.43. The van der Waals surface area contributed by atoms with Gasteiger partial charge in [-0.15, -0.1) is 11.3 Å². The minimum Gasteiger partial charge on any atom is -0.314 e. The minimum atomic E-state index is 0.861. The van der Waals surface area contributed by atoms with Gasteiger partial charge in [-0.25, -0.2) is 4.98 Å². The Labute approximate surface area is 101 Å². The van der Waals surface area contributed by atoms with E-state index < -0.39 is 0 Å². The Morgan fingerprint density at radius 1 is 1.56 bits per heavy atom. The van der Waals surface area contributed by atoms with Crippen LogP contribution >= 0.6 is 11.3 Å². The SMILES string of the molecule is CNCc1nc(CN2CC3CCC2C3)cs1. The summed E-state index contributed by atoms with van der Waals surface area (Å²) in [5.41, 5.74) is 1.27. The van der Waals surface area contributed by atoms with Gasteiger partial charge in [0.1, 0.15) is 5.01 Å². The lowest BCUT2D eigenvalue weighted by molar-refractivity contribution is 0.203. The van der Waals surface area contributed by atoms with Crippen LogP contribution < -0.4 is 5.32 Å². The molecule has 2 aliphatic rings. The van der Waals surface area contributed by atoms with Crippen molar-refractivity contribution in [3.8, 4) is 0 Å². The number of fused-ring (bicyclic) bond motifs is 2. The Hall–Kier alpha value is -0.450. The largest absolute Gasteiger partial charge is 0.314 e. The molecule has 3 nitrogen and oxygen atoms in total. The topological polar surface area (TPSA) is 28.2 Å². The van der Waals surface area contributed by atoms with E-state index in [0.717, 1.165) is 25.0 Å². The average molecular weight is 237 g/mol. The summed E-state index contributed by atoms with van der Waals surface area (Å²) in [5, 5.41) is 6.58. The zero-order valence-electron chi connectivity index (χ0n) is 9.78. The molecule has 1 aromatic heterocycles. The third kappa shape index (κ3) is 2.01. The Morgan fingerprint density at radius 2 is 2.50 bits per heavy atom. The molecular formula is C12H19N3S. The van der Waals surface area contributed by atoms with Crippen molar-refractivity contribution in [2.75, 3.05) is 13.6 Å². The van der Waals surface area contributed by atoms with Gasteiger partial charge in [0.05, 0.1) is 5.69 Å². The Kier molecular flexibility index (Phi) is 2.96. The van der Waals surface area contributed by atoms with Gasteiger partial charge < -0.3 is 5.32 Å². The minimum absolute atomic E-state index is 0.861. The fourth-order valence-corrected chi connectivity index (χ4v) is 3.88.